The van der Waals surface area contributed by atoms with E-state index in [4.69, 9.17) is 0 Å². The Balaban J connectivity index is 2.22. The van der Waals surface area contributed by atoms with Gasteiger partial charge in [-0.3, -0.25) is 13.9 Å². The van der Waals surface area contributed by atoms with Gasteiger partial charge in [-0.15, -0.1) is 0 Å². The van der Waals surface area contributed by atoms with Crippen molar-refractivity contribution in [3.63, 3.8) is 0 Å². The maximum absolute atomic E-state index is 14.3. The highest BCUT2D eigenvalue weighted by atomic mass is 32.2. The minimum Gasteiger partial charge on any atom is -0.354 e. The molecule has 0 aliphatic rings. The number of para-hydroxylation sites is 1. The fourth-order valence-corrected chi connectivity index (χ4v) is 5.00. The van der Waals surface area contributed by atoms with Crippen LogP contribution in [0.15, 0.2) is 48.5 Å². The standard InChI is InChI=1S/C27H38FN3O4S/c1-5-7-18-29-27(33)24(6-2)30(20-22-14-9-8-13-21(22)3)26(32)17-12-19-31(36(4,34)35)25-16-11-10-15-23(25)28/h8-11,13-16,24H,5-7,12,17-20H2,1-4H3,(H,29,33)/t24-/m1/s1. The molecule has 2 rings (SSSR count). The Morgan fingerprint density at radius 1 is 1.03 bits per heavy atom. The largest absolute Gasteiger partial charge is 0.354 e. The molecule has 1 N–H and O–H groups in total. The van der Waals surface area contributed by atoms with Crippen molar-refractivity contribution in [1.29, 1.82) is 0 Å². The smallest absolute Gasteiger partial charge is 0.242 e. The number of carbonyl (C=O) groups excluding carboxylic acids is 2. The van der Waals surface area contributed by atoms with Crippen molar-refractivity contribution < 1.29 is 22.4 Å². The molecule has 0 radical (unpaired) electrons. The van der Waals surface area contributed by atoms with E-state index in [9.17, 15) is 22.4 Å². The average Bonchev–Trinajstić information content (AvgIpc) is 2.83. The Morgan fingerprint density at radius 2 is 1.69 bits per heavy atom. The van der Waals surface area contributed by atoms with E-state index < -0.39 is 21.9 Å². The molecule has 9 heteroatoms. The van der Waals surface area contributed by atoms with Gasteiger partial charge in [0, 0.05) is 26.1 Å². The number of amides is 2. The number of rotatable bonds is 14. The molecule has 7 nitrogen and oxygen atoms in total. The minimum atomic E-state index is -3.76. The van der Waals surface area contributed by atoms with E-state index in [1.54, 1.807) is 11.0 Å². The van der Waals surface area contributed by atoms with E-state index in [0.29, 0.717) is 13.0 Å². The van der Waals surface area contributed by atoms with Crippen molar-refractivity contribution in [1.82, 2.24) is 10.2 Å². The van der Waals surface area contributed by atoms with Crippen LogP contribution in [0.4, 0.5) is 10.1 Å². The fourth-order valence-electron chi connectivity index (χ4n) is 4.03. The molecule has 0 saturated carbocycles. The van der Waals surface area contributed by atoms with Gasteiger partial charge in [-0.05, 0) is 49.4 Å². The molecule has 2 amide bonds. The number of aryl methyl sites for hydroxylation is 1. The van der Waals surface area contributed by atoms with Crippen molar-refractivity contribution in [2.75, 3.05) is 23.7 Å². The molecule has 1 atom stereocenters. The highest BCUT2D eigenvalue weighted by Crippen LogP contribution is 2.23. The second kappa shape index (κ2) is 14.0. The molecule has 0 unspecified atom stereocenters. The summed E-state index contributed by atoms with van der Waals surface area (Å²) >= 11 is 0. The second-order valence-corrected chi connectivity index (χ2v) is 10.8. The third-order valence-corrected chi connectivity index (χ3v) is 7.27. The molecule has 198 valence electrons. The molecule has 36 heavy (non-hydrogen) atoms. The highest BCUT2D eigenvalue weighted by molar-refractivity contribution is 7.92. The first-order valence-corrected chi connectivity index (χ1v) is 14.3. The van der Waals surface area contributed by atoms with Gasteiger partial charge in [0.15, 0.2) is 0 Å². The van der Waals surface area contributed by atoms with Gasteiger partial charge < -0.3 is 10.2 Å². The zero-order valence-corrected chi connectivity index (χ0v) is 22.5. The molecule has 0 aromatic heterocycles. The van der Waals surface area contributed by atoms with Gasteiger partial charge in [-0.25, -0.2) is 12.8 Å². The molecule has 0 aliphatic heterocycles. The van der Waals surface area contributed by atoms with Crippen molar-refractivity contribution in [2.45, 2.75) is 65.5 Å². The number of nitrogens with one attached hydrogen (secondary N) is 1. The zero-order valence-electron chi connectivity index (χ0n) is 21.7. The number of unbranched alkanes of at least 4 members (excludes halogenated alkanes) is 1. The molecule has 0 aliphatic carbocycles. The molecule has 0 bridgehead atoms. The van der Waals surface area contributed by atoms with Crippen LogP contribution in [0.5, 0.6) is 0 Å². The van der Waals surface area contributed by atoms with Crippen molar-refractivity contribution in [3.8, 4) is 0 Å². The van der Waals surface area contributed by atoms with Gasteiger partial charge in [-0.2, -0.15) is 0 Å². The van der Waals surface area contributed by atoms with Gasteiger partial charge in [0.2, 0.25) is 21.8 Å². The van der Waals surface area contributed by atoms with E-state index in [0.717, 1.165) is 34.5 Å². The Hall–Kier alpha value is -2.94. The Labute approximate surface area is 214 Å². The number of sulfonamides is 1. The van der Waals surface area contributed by atoms with Crippen LogP contribution in [0.3, 0.4) is 0 Å². The Morgan fingerprint density at radius 3 is 2.31 bits per heavy atom. The first-order chi connectivity index (χ1) is 17.1. The zero-order chi connectivity index (χ0) is 26.7. The van der Waals surface area contributed by atoms with Gasteiger partial charge in [0.25, 0.3) is 0 Å². The molecule has 0 heterocycles. The van der Waals surface area contributed by atoms with Crippen LogP contribution >= 0.6 is 0 Å². The summed E-state index contributed by atoms with van der Waals surface area (Å²) in [7, 11) is -3.76. The maximum Gasteiger partial charge on any atom is 0.242 e. The van der Waals surface area contributed by atoms with Crippen LogP contribution < -0.4 is 9.62 Å². The summed E-state index contributed by atoms with van der Waals surface area (Å²) in [5, 5.41) is 2.93. The molecule has 0 spiro atoms. The first kappa shape index (κ1) is 29.3. The minimum absolute atomic E-state index is 0.0189. The van der Waals surface area contributed by atoms with Gasteiger partial charge in [-0.1, -0.05) is 56.7 Å². The molecule has 2 aromatic rings. The summed E-state index contributed by atoms with van der Waals surface area (Å²) in [6.07, 6.45) is 3.45. The lowest BCUT2D eigenvalue weighted by atomic mass is 10.1. The SMILES string of the molecule is CCCCNC(=O)[C@@H](CC)N(Cc1ccccc1C)C(=O)CCCN(c1ccccc1F)S(C)(=O)=O. The number of hydrogen-bond donors (Lipinski definition) is 1. The van der Waals surface area contributed by atoms with Crippen LogP contribution in [-0.2, 0) is 26.2 Å². The molecule has 0 fully saturated rings. The fraction of sp³-hybridized carbons (Fsp3) is 0.481. The number of carbonyl (C=O) groups is 2. The lowest BCUT2D eigenvalue weighted by Gasteiger charge is -2.31. The Kier molecular flexibility index (Phi) is 11.4. The van der Waals surface area contributed by atoms with E-state index in [1.165, 1.54) is 18.2 Å². The summed E-state index contributed by atoms with van der Waals surface area (Å²) in [4.78, 5) is 28.0. The predicted octanol–water partition coefficient (Wildman–Crippen LogP) is 4.40. The van der Waals surface area contributed by atoms with E-state index in [1.807, 2.05) is 45.0 Å². The normalized spacial score (nSPS) is 12.1. The first-order valence-electron chi connectivity index (χ1n) is 12.4. The lowest BCUT2D eigenvalue weighted by Crippen LogP contribution is -2.49. The quantitative estimate of drug-likeness (QED) is 0.375. The van der Waals surface area contributed by atoms with Crippen molar-refractivity contribution in [2.24, 2.45) is 0 Å². The second-order valence-electron chi connectivity index (χ2n) is 8.91. The van der Waals surface area contributed by atoms with E-state index >= 15 is 0 Å². The van der Waals surface area contributed by atoms with Crippen LogP contribution in [-0.4, -0.2) is 50.5 Å². The summed E-state index contributed by atoms with van der Waals surface area (Å²) < 4.78 is 40.0. The van der Waals surface area contributed by atoms with Gasteiger partial charge >= 0.3 is 0 Å². The average molecular weight is 520 g/mol. The van der Waals surface area contributed by atoms with Gasteiger partial charge in [0.1, 0.15) is 11.9 Å². The monoisotopic (exact) mass is 519 g/mol. The molecular formula is C27H38FN3O4S. The third kappa shape index (κ3) is 8.33. The number of anilines is 1. The van der Waals surface area contributed by atoms with Crippen LogP contribution in [0.1, 0.15) is 57.1 Å². The van der Waals surface area contributed by atoms with Crippen LogP contribution in [0.25, 0.3) is 0 Å². The van der Waals surface area contributed by atoms with Crippen LogP contribution in [0, 0.1) is 12.7 Å². The van der Waals surface area contributed by atoms with Crippen LogP contribution in [0.2, 0.25) is 0 Å². The maximum atomic E-state index is 14.3. The highest BCUT2D eigenvalue weighted by Gasteiger charge is 2.29. The number of hydrogen-bond acceptors (Lipinski definition) is 4. The molecule has 0 saturated heterocycles. The summed E-state index contributed by atoms with van der Waals surface area (Å²) in [5.41, 5.74) is 1.90. The summed E-state index contributed by atoms with van der Waals surface area (Å²) in [5.74, 6) is -1.10. The van der Waals surface area contributed by atoms with Gasteiger partial charge in [0.05, 0.1) is 11.9 Å². The molecule has 2 aromatic carbocycles. The number of nitrogens with zero attached hydrogens (tertiary/aromatic N) is 2. The number of benzene rings is 2. The summed E-state index contributed by atoms with van der Waals surface area (Å²) in [6, 6.07) is 12.7. The topological polar surface area (TPSA) is 86.8 Å². The number of halogens is 1. The van der Waals surface area contributed by atoms with Crippen molar-refractivity contribution >= 4 is 27.5 Å². The molecular weight excluding hydrogens is 481 g/mol. The van der Waals surface area contributed by atoms with E-state index in [-0.39, 0.29) is 43.4 Å². The predicted molar refractivity (Wildman–Crippen MR) is 142 cm³/mol. The summed E-state index contributed by atoms with van der Waals surface area (Å²) in [6.45, 7) is 6.63. The lowest BCUT2D eigenvalue weighted by molar-refractivity contribution is -0.141. The van der Waals surface area contributed by atoms with E-state index in [2.05, 4.69) is 5.32 Å². The van der Waals surface area contributed by atoms with Crippen molar-refractivity contribution in [3.05, 3.63) is 65.5 Å². The Bertz CT molecular complexity index is 1120. The third-order valence-electron chi connectivity index (χ3n) is 6.09.